The number of pyridine rings is 1. The first-order valence-electron chi connectivity index (χ1n) is 15.0. The lowest BCUT2D eigenvalue weighted by Crippen LogP contribution is -2.18. The number of allylic oxidation sites excluding steroid dienone is 4. The summed E-state index contributed by atoms with van der Waals surface area (Å²) in [7, 11) is 0. The van der Waals surface area contributed by atoms with E-state index < -0.39 is 0 Å². The van der Waals surface area contributed by atoms with Gasteiger partial charge in [0.25, 0.3) is 0 Å². The van der Waals surface area contributed by atoms with E-state index in [1.54, 1.807) is 0 Å². The normalized spacial score (nSPS) is 12.0. The highest BCUT2D eigenvalue weighted by atomic mass is 15.0. The average molecular weight is 565 g/mol. The minimum absolute atomic E-state index is 0.582. The Bertz CT molecular complexity index is 1980. The third-order valence-corrected chi connectivity index (χ3v) is 7.51. The van der Waals surface area contributed by atoms with Crippen molar-refractivity contribution in [3.05, 3.63) is 139 Å². The molecule has 0 aliphatic rings. The summed E-state index contributed by atoms with van der Waals surface area (Å²) in [6.45, 7) is 15.2. The molecular weight excluding hydrogens is 524 g/mol. The van der Waals surface area contributed by atoms with Crippen LogP contribution in [0.1, 0.15) is 44.6 Å². The lowest BCUT2D eigenvalue weighted by Gasteiger charge is -2.16. The summed E-state index contributed by atoms with van der Waals surface area (Å²) in [5, 5.41) is 7.29. The SMILES string of the molecule is C=C(CN/C(=C\C)c1ccc(-n2c3ccccc3c3cc(C)ccc32)cn1)n1c(/C=C\C=C/C)cc2ccccc21.CC. The number of aryl methyl sites for hydroxylation is 1. The van der Waals surface area contributed by atoms with Gasteiger partial charge in [0.15, 0.2) is 0 Å². The van der Waals surface area contributed by atoms with Gasteiger partial charge in [-0.05, 0) is 69.3 Å². The van der Waals surface area contributed by atoms with Crippen LogP contribution in [0.3, 0.4) is 0 Å². The summed E-state index contributed by atoms with van der Waals surface area (Å²) in [6.07, 6.45) is 12.3. The van der Waals surface area contributed by atoms with Crippen LogP contribution in [-0.4, -0.2) is 20.7 Å². The quantitative estimate of drug-likeness (QED) is 0.187. The molecular formula is C39H40N4. The molecule has 43 heavy (non-hydrogen) atoms. The Morgan fingerprint density at radius 1 is 0.837 bits per heavy atom. The van der Waals surface area contributed by atoms with E-state index in [0.717, 1.165) is 34.0 Å². The topological polar surface area (TPSA) is 34.8 Å². The number of rotatable bonds is 8. The van der Waals surface area contributed by atoms with Gasteiger partial charge in [-0.2, -0.15) is 0 Å². The van der Waals surface area contributed by atoms with Gasteiger partial charge >= 0.3 is 0 Å². The molecule has 0 saturated carbocycles. The third-order valence-electron chi connectivity index (χ3n) is 7.51. The third kappa shape index (κ3) is 5.82. The van der Waals surface area contributed by atoms with E-state index in [2.05, 4.69) is 131 Å². The summed E-state index contributed by atoms with van der Waals surface area (Å²) in [4.78, 5) is 4.89. The molecule has 216 valence electrons. The van der Waals surface area contributed by atoms with Crippen LogP contribution in [0.5, 0.6) is 0 Å². The molecule has 6 aromatic rings. The fraction of sp³-hybridized carbons (Fsp3) is 0.154. The zero-order valence-corrected chi connectivity index (χ0v) is 25.8. The molecule has 0 bridgehead atoms. The minimum atomic E-state index is 0.582. The Morgan fingerprint density at radius 2 is 1.58 bits per heavy atom. The Balaban J connectivity index is 0.00000180. The van der Waals surface area contributed by atoms with Crippen molar-refractivity contribution in [2.24, 2.45) is 0 Å². The van der Waals surface area contributed by atoms with Crippen molar-refractivity contribution in [3.8, 4) is 5.69 Å². The van der Waals surface area contributed by atoms with Gasteiger partial charge < -0.3 is 14.5 Å². The number of hydrogen-bond acceptors (Lipinski definition) is 2. The summed E-state index contributed by atoms with van der Waals surface area (Å²) >= 11 is 0. The van der Waals surface area contributed by atoms with Crippen molar-refractivity contribution in [3.63, 3.8) is 0 Å². The molecule has 0 radical (unpaired) electrons. The van der Waals surface area contributed by atoms with Crippen molar-refractivity contribution in [1.29, 1.82) is 0 Å². The first-order chi connectivity index (χ1) is 21.1. The first-order valence-corrected chi connectivity index (χ1v) is 15.0. The molecule has 0 atom stereocenters. The van der Waals surface area contributed by atoms with Crippen LogP contribution in [0.15, 0.2) is 122 Å². The van der Waals surface area contributed by atoms with E-state index in [4.69, 9.17) is 4.98 Å². The predicted molar refractivity (Wildman–Crippen MR) is 187 cm³/mol. The van der Waals surface area contributed by atoms with Gasteiger partial charge in [0.1, 0.15) is 0 Å². The second-order valence-electron chi connectivity index (χ2n) is 10.2. The Morgan fingerprint density at radius 3 is 2.33 bits per heavy atom. The van der Waals surface area contributed by atoms with E-state index in [-0.39, 0.29) is 0 Å². The molecule has 0 saturated heterocycles. The van der Waals surface area contributed by atoms with Gasteiger partial charge in [-0.15, -0.1) is 0 Å². The molecule has 0 unspecified atom stereocenters. The molecule has 3 aromatic heterocycles. The van der Waals surface area contributed by atoms with Crippen LogP contribution in [0, 0.1) is 6.92 Å². The lowest BCUT2D eigenvalue weighted by atomic mass is 10.1. The molecule has 1 N–H and O–H groups in total. The zero-order valence-electron chi connectivity index (χ0n) is 25.8. The van der Waals surface area contributed by atoms with Gasteiger partial charge in [-0.25, -0.2) is 0 Å². The molecule has 3 aromatic carbocycles. The van der Waals surface area contributed by atoms with Crippen LogP contribution >= 0.6 is 0 Å². The molecule has 0 aliphatic carbocycles. The Hall–Kier alpha value is -5.09. The van der Waals surface area contributed by atoms with Crippen molar-refractivity contribution < 1.29 is 0 Å². The van der Waals surface area contributed by atoms with Crippen LogP contribution in [0.2, 0.25) is 0 Å². The van der Waals surface area contributed by atoms with E-state index in [1.165, 1.54) is 32.8 Å². The zero-order chi connectivity index (χ0) is 30.3. The average Bonchev–Trinajstić information content (AvgIpc) is 3.58. The van der Waals surface area contributed by atoms with Crippen molar-refractivity contribution >= 4 is 50.2 Å². The molecule has 4 heteroatoms. The molecule has 0 spiro atoms. The van der Waals surface area contributed by atoms with E-state index in [9.17, 15) is 0 Å². The number of nitrogens with zero attached hydrogens (tertiary/aromatic N) is 3. The Kier molecular flexibility index (Phi) is 9.07. The molecule has 3 heterocycles. The monoisotopic (exact) mass is 564 g/mol. The number of hydrogen-bond donors (Lipinski definition) is 1. The number of fused-ring (bicyclic) bond motifs is 4. The maximum atomic E-state index is 4.89. The van der Waals surface area contributed by atoms with Crippen LogP contribution in [0.25, 0.3) is 55.9 Å². The Labute approximate surface area is 255 Å². The first kappa shape index (κ1) is 29.4. The summed E-state index contributed by atoms with van der Waals surface area (Å²) < 4.78 is 4.52. The lowest BCUT2D eigenvalue weighted by molar-refractivity contribution is 0.946. The maximum absolute atomic E-state index is 4.89. The molecule has 6 rings (SSSR count). The largest absolute Gasteiger partial charge is 0.378 e. The molecule has 0 amide bonds. The standard InChI is InChI=1S/C37H34N4.C2H6/c1-5-7-8-14-29-23-28-13-9-11-16-35(28)40(29)27(4)24-38-33(6-2)34-20-19-30(25-39-34)41-36-17-12-10-15-31(36)32-22-26(3)18-21-37(32)41;1-2/h5-23,25,38H,4,24H2,1-3H3;1-2H3/b7-5-,14-8-,33-6-;. The highest BCUT2D eigenvalue weighted by Gasteiger charge is 2.14. The van der Waals surface area contributed by atoms with Gasteiger partial charge in [-0.3, -0.25) is 4.98 Å². The van der Waals surface area contributed by atoms with Crippen LogP contribution in [0.4, 0.5) is 0 Å². The molecule has 0 aliphatic heterocycles. The highest BCUT2D eigenvalue weighted by Crippen LogP contribution is 2.32. The summed E-state index contributed by atoms with van der Waals surface area (Å²) in [5.74, 6) is 0. The number of aromatic nitrogens is 3. The smallest absolute Gasteiger partial charge is 0.0859 e. The fourth-order valence-corrected chi connectivity index (χ4v) is 5.58. The minimum Gasteiger partial charge on any atom is -0.378 e. The van der Waals surface area contributed by atoms with Gasteiger partial charge in [0.2, 0.25) is 0 Å². The number of nitrogens with one attached hydrogen (secondary N) is 1. The highest BCUT2D eigenvalue weighted by molar-refractivity contribution is 6.09. The van der Waals surface area contributed by atoms with Crippen LogP contribution in [-0.2, 0) is 0 Å². The van der Waals surface area contributed by atoms with Gasteiger partial charge in [0, 0.05) is 27.5 Å². The van der Waals surface area contributed by atoms with Crippen molar-refractivity contribution in [2.75, 3.05) is 6.54 Å². The van der Waals surface area contributed by atoms with Gasteiger partial charge in [0.05, 0.1) is 46.4 Å². The van der Waals surface area contributed by atoms with Gasteiger partial charge in [-0.1, -0.05) is 92.8 Å². The summed E-state index contributed by atoms with van der Waals surface area (Å²) in [6, 6.07) is 30.1. The van der Waals surface area contributed by atoms with Crippen molar-refractivity contribution in [1.82, 2.24) is 19.4 Å². The van der Waals surface area contributed by atoms with Crippen molar-refractivity contribution in [2.45, 2.75) is 34.6 Å². The second kappa shape index (κ2) is 13.3. The number of benzene rings is 3. The molecule has 4 nitrogen and oxygen atoms in total. The van der Waals surface area contributed by atoms with E-state index in [0.29, 0.717) is 6.54 Å². The number of para-hydroxylation sites is 2. The summed E-state index contributed by atoms with van der Waals surface area (Å²) in [5.41, 5.74) is 9.74. The maximum Gasteiger partial charge on any atom is 0.0859 e. The van der Waals surface area contributed by atoms with E-state index >= 15 is 0 Å². The van der Waals surface area contributed by atoms with E-state index in [1.807, 2.05) is 46.0 Å². The second-order valence-corrected chi connectivity index (χ2v) is 10.2. The predicted octanol–water partition coefficient (Wildman–Crippen LogP) is 10.2. The molecule has 0 fully saturated rings. The fourth-order valence-electron chi connectivity index (χ4n) is 5.58. The van der Waals surface area contributed by atoms with Crippen LogP contribution < -0.4 is 5.32 Å².